The van der Waals surface area contributed by atoms with Crippen molar-refractivity contribution in [3.05, 3.63) is 63.8 Å². The fourth-order valence-electron chi connectivity index (χ4n) is 4.09. The van der Waals surface area contributed by atoms with Crippen LogP contribution in [0.5, 0.6) is 11.5 Å². The molecular formula is C27H32N2O3S. The molecule has 1 saturated carbocycles. The number of hydrogen-bond donors (Lipinski definition) is 0. The molecule has 1 aliphatic rings. The van der Waals surface area contributed by atoms with Gasteiger partial charge in [-0.1, -0.05) is 24.3 Å². The van der Waals surface area contributed by atoms with Crippen molar-refractivity contribution in [1.82, 2.24) is 9.88 Å². The highest BCUT2D eigenvalue weighted by Gasteiger charge is 2.30. The highest BCUT2D eigenvalue weighted by atomic mass is 32.1. The molecule has 1 amide bonds. The first-order valence-electron chi connectivity index (χ1n) is 11.5. The number of rotatable bonds is 9. The predicted octanol–water partition coefficient (Wildman–Crippen LogP) is 5.85. The van der Waals surface area contributed by atoms with Crippen molar-refractivity contribution in [3.8, 4) is 21.9 Å². The van der Waals surface area contributed by atoms with Crippen LogP contribution in [0.25, 0.3) is 10.4 Å². The SMILES string of the molecule is COc1ccc(CCN(CC2CC2)C(=O)c2nc(C)sc2-c2cccc(C)c2C)cc1OC. The van der Waals surface area contributed by atoms with Crippen LogP contribution < -0.4 is 9.47 Å². The van der Waals surface area contributed by atoms with E-state index in [1.165, 1.54) is 24.0 Å². The fraction of sp³-hybridized carbons (Fsp3) is 0.407. The molecule has 0 N–H and O–H groups in total. The van der Waals surface area contributed by atoms with E-state index in [1.807, 2.05) is 30.0 Å². The number of amides is 1. The van der Waals surface area contributed by atoms with Crippen molar-refractivity contribution in [2.75, 3.05) is 27.3 Å². The van der Waals surface area contributed by atoms with Crippen LogP contribution in [0.4, 0.5) is 0 Å². The van der Waals surface area contributed by atoms with Gasteiger partial charge in [-0.2, -0.15) is 0 Å². The zero-order valence-corrected chi connectivity index (χ0v) is 20.9. The summed E-state index contributed by atoms with van der Waals surface area (Å²) in [5.41, 5.74) is 5.23. The molecule has 1 aliphatic carbocycles. The lowest BCUT2D eigenvalue weighted by Crippen LogP contribution is -2.35. The lowest BCUT2D eigenvalue weighted by Gasteiger charge is -2.23. The molecule has 0 aliphatic heterocycles. The first kappa shape index (κ1) is 23.3. The molecule has 2 aromatic carbocycles. The van der Waals surface area contributed by atoms with Crippen molar-refractivity contribution < 1.29 is 14.3 Å². The smallest absolute Gasteiger partial charge is 0.274 e. The Kier molecular flexibility index (Phi) is 7.03. The number of aromatic nitrogens is 1. The van der Waals surface area contributed by atoms with Crippen molar-refractivity contribution in [3.63, 3.8) is 0 Å². The summed E-state index contributed by atoms with van der Waals surface area (Å²) in [7, 11) is 3.28. The maximum atomic E-state index is 13.8. The zero-order chi connectivity index (χ0) is 23.5. The first-order chi connectivity index (χ1) is 15.9. The molecule has 5 nitrogen and oxygen atoms in total. The summed E-state index contributed by atoms with van der Waals surface area (Å²) in [6, 6.07) is 12.2. The second kappa shape index (κ2) is 9.96. The van der Waals surface area contributed by atoms with Gasteiger partial charge in [-0.15, -0.1) is 11.3 Å². The fourth-order valence-corrected chi connectivity index (χ4v) is 5.08. The van der Waals surface area contributed by atoms with Gasteiger partial charge in [0.05, 0.1) is 24.1 Å². The summed E-state index contributed by atoms with van der Waals surface area (Å²) in [4.78, 5) is 21.5. The molecule has 1 heterocycles. The Bertz CT molecular complexity index is 1150. The van der Waals surface area contributed by atoms with Gasteiger partial charge in [-0.05, 0) is 80.3 Å². The van der Waals surface area contributed by atoms with Gasteiger partial charge in [0.25, 0.3) is 5.91 Å². The largest absolute Gasteiger partial charge is 0.493 e. The Balaban J connectivity index is 1.60. The second-order valence-corrected chi connectivity index (χ2v) is 10.00. The summed E-state index contributed by atoms with van der Waals surface area (Å²) < 4.78 is 10.8. The number of ether oxygens (including phenoxy) is 2. The molecule has 0 bridgehead atoms. The second-order valence-electron chi connectivity index (χ2n) is 8.79. The maximum Gasteiger partial charge on any atom is 0.274 e. The molecule has 0 saturated heterocycles. The van der Waals surface area contributed by atoms with E-state index in [4.69, 9.17) is 14.5 Å². The monoisotopic (exact) mass is 464 g/mol. The van der Waals surface area contributed by atoms with Gasteiger partial charge in [-0.25, -0.2) is 4.98 Å². The van der Waals surface area contributed by atoms with Crippen LogP contribution >= 0.6 is 11.3 Å². The molecule has 4 rings (SSSR count). The molecule has 6 heteroatoms. The van der Waals surface area contributed by atoms with Crippen molar-refractivity contribution in [1.29, 1.82) is 0 Å². The Labute approximate surface area is 200 Å². The molecule has 0 atom stereocenters. The highest BCUT2D eigenvalue weighted by Crippen LogP contribution is 2.36. The van der Waals surface area contributed by atoms with Crippen LogP contribution in [0.2, 0.25) is 0 Å². The molecule has 3 aromatic rings. The number of carbonyl (C=O) groups excluding carboxylic acids is 1. The van der Waals surface area contributed by atoms with Crippen molar-refractivity contribution in [2.45, 2.75) is 40.0 Å². The van der Waals surface area contributed by atoms with Crippen LogP contribution in [-0.2, 0) is 6.42 Å². The van der Waals surface area contributed by atoms with E-state index in [2.05, 4.69) is 32.0 Å². The highest BCUT2D eigenvalue weighted by molar-refractivity contribution is 7.15. The standard InChI is InChI=1S/C27H32N2O3S/c1-17-7-6-8-22(18(17)2)26-25(28-19(3)33-26)27(30)29(16-21-9-10-21)14-13-20-11-12-23(31-4)24(15-20)32-5/h6-8,11-12,15,21H,9-10,13-14,16H2,1-5H3. The maximum absolute atomic E-state index is 13.8. The van der Waals surface area contributed by atoms with E-state index < -0.39 is 0 Å². The summed E-state index contributed by atoms with van der Waals surface area (Å²) in [6.45, 7) is 7.64. The summed E-state index contributed by atoms with van der Waals surface area (Å²) >= 11 is 1.61. The minimum atomic E-state index is 0.0302. The zero-order valence-electron chi connectivity index (χ0n) is 20.1. The van der Waals surface area contributed by atoms with Crippen LogP contribution in [0, 0.1) is 26.7 Å². The van der Waals surface area contributed by atoms with Gasteiger partial charge in [0.1, 0.15) is 5.69 Å². The van der Waals surface area contributed by atoms with Crippen LogP contribution in [0.1, 0.15) is 45.0 Å². The minimum Gasteiger partial charge on any atom is -0.493 e. The molecule has 0 unspecified atom stereocenters. The summed E-state index contributed by atoms with van der Waals surface area (Å²) in [5, 5.41) is 0.917. The van der Waals surface area contributed by atoms with E-state index in [0.717, 1.165) is 34.0 Å². The average molecular weight is 465 g/mol. The summed E-state index contributed by atoms with van der Waals surface area (Å²) in [5.74, 6) is 2.05. The molecule has 174 valence electrons. The predicted molar refractivity (Wildman–Crippen MR) is 134 cm³/mol. The van der Waals surface area contributed by atoms with Crippen LogP contribution in [0.15, 0.2) is 36.4 Å². The quantitative estimate of drug-likeness (QED) is 0.399. The summed E-state index contributed by atoms with van der Waals surface area (Å²) in [6.07, 6.45) is 3.14. The number of nitrogens with zero attached hydrogens (tertiary/aromatic N) is 2. The van der Waals surface area contributed by atoms with E-state index >= 15 is 0 Å². The van der Waals surface area contributed by atoms with E-state index in [0.29, 0.717) is 29.7 Å². The number of aryl methyl sites for hydroxylation is 2. The van der Waals surface area contributed by atoms with Gasteiger partial charge in [0, 0.05) is 13.1 Å². The van der Waals surface area contributed by atoms with Gasteiger partial charge in [0.15, 0.2) is 11.5 Å². The van der Waals surface area contributed by atoms with E-state index in [1.54, 1.807) is 25.6 Å². The number of hydrogen-bond acceptors (Lipinski definition) is 5. The van der Waals surface area contributed by atoms with Crippen molar-refractivity contribution >= 4 is 17.2 Å². The van der Waals surface area contributed by atoms with Gasteiger partial charge >= 0.3 is 0 Å². The van der Waals surface area contributed by atoms with E-state index in [-0.39, 0.29) is 5.91 Å². The number of carbonyl (C=O) groups is 1. The molecule has 0 radical (unpaired) electrons. The first-order valence-corrected chi connectivity index (χ1v) is 12.3. The Hall–Kier alpha value is -2.86. The third-order valence-corrected chi connectivity index (χ3v) is 7.37. The molecule has 1 fully saturated rings. The van der Waals surface area contributed by atoms with Gasteiger partial charge in [0.2, 0.25) is 0 Å². The number of benzene rings is 2. The lowest BCUT2D eigenvalue weighted by molar-refractivity contribution is 0.0745. The Morgan fingerprint density at radius 2 is 1.85 bits per heavy atom. The molecule has 33 heavy (non-hydrogen) atoms. The van der Waals surface area contributed by atoms with Gasteiger partial charge in [-0.3, -0.25) is 4.79 Å². The van der Waals surface area contributed by atoms with Crippen LogP contribution in [0.3, 0.4) is 0 Å². The normalized spacial score (nSPS) is 13.1. The number of thiazole rings is 1. The van der Waals surface area contributed by atoms with E-state index in [9.17, 15) is 4.79 Å². The molecule has 0 spiro atoms. The lowest BCUT2D eigenvalue weighted by atomic mass is 10.0. The third kappa shape index (κ3) is 5.22. The minimum absolute atomic E-state index is 0.0302. The van der Waals surface area contributed by atoms with Crippen LogP contribution in [-0.4, -0.2) is 43.1 Å². The Morgan fingerprint density at radius 3 is 2.55 bits per heavy atom. The molecule has 1 aromatic heterocycles. The average Bonchev–Trinajstić information content (AvgIpc) is 3.56. The Morgan fingerprint density at radius 1 is 1.09 bits per heavy atom. The van der Waals surface area contributed by atoms with Crippen molar-refractivity contribution in [2.24, 2.45) is 5.92 Å². The third-order valence-electron chi connectivity index (χ3n) is 6.37. The topological polar surface area (TPSA) is 51.7 Å². The number of methoxy groups -OCH3 is 2. The molecular weight excluding hydrogens is 432 g/mol. The van der Waals surface area contributed by atoms with Gasteiger partial charge < -0.3 is 14.4 Å².